The van der Waals surface area contributed by atoms with Crippen molar-refractivity contribution in [3.63, 3.8) is 0 Å². The van der Waals surface area contributed by atoms with Crippen LogP contribution in [-0.4, -0.2) is 62.7 Å². The lowest BCUT2D eigenvalue weighted by Gasteiger charge is -2.29. The van der Waals surface area contributed by atoms with E-state index in [1.165, 1.54) is 6.42 Å². The number of likely N-dealkylation sites (N-methyl/N-ethyl adjacent to an activating group) is 2. The molecule has 1 aliphatic heterocycles. The number of rotatable bonds is 6. The molecule has 6 heteroatoms. The fourth-order valence-corrected chi connectivity index (χ4v) is 4.17. The minimum Gasteiger partial charge on any atom is -0.336 e. The molecule has 6 nitrogen and oxygen atoms in total. The molecule has 4 rings (SSSR count). The number of aromatic nitrogens is 3. The number of nitrogens with zero attached hydrogens (tertiary/aromatic N) is 5. The zero-order valence-corrected chi connectivity index (χ0v) is 16.6. The van der Waals surface area contributed by atoms with Crippen LogP contribution in [0.25, 0.3) is 16.6 Å². The Kier molecular flexibility index (Phi) is 5.39. The summed E-state index contributed by atoms with van der Waals surface area (Å²) >= 11 is 0. The summed E-state index contributed by atoms with van der Waals surface area (Å²) in [5, 5.41) is 5.56. The summed E-state index contributed by atoms with van der Waals surface area (Å²) in [4.78, 5) is 22.3. The smallest absolute Gasteiger partial charge is 0.274 e. The van der Waals surface area contributed by atoms with E-state index >= 15 is 0 Å². The van der Waals surface area contributed by atoms with E-state index in [4.69, 9.17) is 0 Å². The Labute approximate surface area is 165 Å². The quantitative estimate of drug-likeness (QED) is 0.661. The van der Waals surface area contributed by atoms with Crippen LogP contribution >= 0.6 is 0 Å². The molecule has 146 valence electrons. The number of carbonyl (C=O) groups is 1. The third-order valence-electron chi connectivity index (χ3n) is 5.70. The van der Waals surface area contributed by atoms with Crippen LogP contribution in [0.15, 0.2) is 48.8 Å². The van der Waals surface area contributed by atoms with Gasteiger partial charge in [-0.05, 0) is 51.1 Å². The lowest BCUT2D eigenvalue weighted by Crippen LogP contribution is -2.43. The van der Waals surface area contributed by atoms with Crippen molar-refractivity contribution in [3.8, 4) is 5.69 Å². The van der Waals surface area contributed by atoms with Crippen LogP contribution in [0.1, 0.15) is 37.2 Å². The molecule has 0 spiro atoms. The monoisotopic (exact) mass is 377 g/mol. The fraction of sp³-hybridized carbons (Fsp3) is 0.409. The van der Waals surface area contributed by atoms with Crippen molar-refractivity contribution in [2.75, 3.05) is 26.2 Å². The Bertz CT molecular complexity index is 966. The molecule has 1 atom stereocenters. The number of para-hydroxylation sites is 1. The van der Waals surface area contributed by atoms with Gasteiger partial charge in [0.1, 0.15) is 0 Å². The first kappa shape index (κ1) is 18.6. The number of likely N-dealkylation sites (tertiary alicyclic amines) is 1. The van der Waals surface area contributed by atoms with Gasteiger partial charge in [-0.25, -0.2) is 9.67 Å². The zero-order chi connectivity index (χ0) is 19.5. The maximum atomic E-state index is 13.4. The number of hydrogen-bond donors (Lipinski definition) is 0. The Balaban J connectivity index is 1.66. The first-order valence-corrected chi connectivity index (χ1v) is 10.1. The van der Waals surface area contributed by atoms with Crippen LogP contribution < -0.4 is 0 Å². The van der Waals surface area contributed by atoms with Crippen molar-refractivity contribution in [3.05, 3.63) is 54.5 Å². The van der Waals surface area contributed by atoms with Crippen LogP contribution in [0.2, 0.25) is 0 Å². The predicted molar refractivity (Wildman–Crippen MR) is 111 cm³/mol. The Hall–Kier alpha value is -2.73. The number of amides is 1. The third-order valence-corrected chi connectivity index (χ3v) is 5.70. The van der Waals surface area contributed by atoms with Gasteiger partial charge in [-0.15, -0.1) is 0 Å². The first-order valence-electron chi connectivity index (χ1n) is 10.1. The summed E-state index contributed by atoms with van der Waals surface area (Å²) < 4.78 is 1.82. The summed E-state index contributed by atoms with van der Waals surface area (Å²) in [6.45, 7) is 7.80. The lowest BCUT2D eigenvalue weighted by molar-refractivity contribution is 0.0711. The van der Waals surface area contributed by atoms with Gasteiger partial charge in [-0.3, -0.25) is 9.69 Å². The molecule has 1 aliphatic rings. The SMILES string of the molecule is CCN(CC1CCCN1CC)C(=O)c1ncccc1-n1ncc2ccccc21. The second kappa shape index (κ2) is 8.10. The van der Waals surface area contributed by atoms with Gasteiger partial charge in [0.15, 0.2) is 5.69 Å². The number of pyridine rings is 1. The average molecular weight is 377 g/mol. The van der Waals surface area contributed by atoms with E-state index < -0.39 is 0 Å². The van der Waals surface area contributed by atoms with Gasteiger partial charge in [0, 0.05) is 30.7 Å². The van der Waals surface area contributed by atoms with E-state index in [0.717, 1.165) is 42.6 Å². The maximum Gasteiger partial charge on any atom is 0.274 e. The molecule has 1 saturated heterocycles. The number of benzene rings is 1. The molecule has 0 saturated carbocycles. The molecule has 28 heavy (non-hydrogen) atoms. The molecule has 1 aromatic carbocycles. The number of carbonyl (C=O) groups excluding carboxylic acids is 1. The molecule has 3 aromatic rings. The topological polar surface area (TPSA) is 54.3 Å². The fourth-order valence-electron chi connectivity index (χ4n) is 4.17. The zero-order valence-electron chi connectivity index (χ0n) is 16.6. The first-order chi connectivity index (χ1) is 13.7. The molecule has 0 bridgehead atoms. The summed E-state index contributed by atoms with van der Waals surface area (Å²) in [6.07, 6.45) is 5.87. The minimum absolute atomic E-state index is 0.0272. The van der Waals surface area contributed by atoms with Crippen LogP contribution in [0.3, 0.4) is 0 Å². The van der Waals surface area contributed by atoms with Crippen LogP contribution in [0.5, 0.6) is 0 Å². The van der Waals surface area contributed by atoms with Crippen molar-refractivity contribution in [1.29, 1.82) is 0 Å². The summed E-state index contributed by atoms with van der Waals surface area (Å²) in [5.74, 6) is -0.0272. The Morgan fingerprint density at radius 1 is 1.21 bits per heavy atom. The highest BCUT2D eigenvalue weighted by Gasteiger charge is 2.28. The normalized spacial score (nSPS) is 17.3. The second-order valence-corrected chi connectivity index (χ2v) is 7.25. The van der Waals surface area contributed by atoms with Crippen molar-refractivity contribution in [2.24, 2.45) is 0 Å². The Morgan fingerprint density at radius 3 is 2.89 bits per heavy atom. The third kappa shape index (κ3) is 3.40. The van der Waals surface area contributed by atoms with Gasteiger partial charge in [0.2, 0.25) is 0 Å². The van der Waals surface area contributed by atoms with Crippen molar-refractivity contribution in [1.82, 2.24) is 24.6 Å². The second-order valence-electron chi connectivity index (χ2n) is 7.25. The molecule has 3 heterocycles. The summed E-state index contributed by atoms with van der Waals surface area (Å²) in [5.41, 5.74) is 2.16. The van der Waals surface area contributed by atoms with Crippen molar-refractivity contribution >= 4 is 16.8 Å². The van der Waals surface area contributed by atoms with Gasteiger partial charge < -0.3 is 4.90 Å². The number of fused-ring (bicyclic) bond motifs is 1. The molecule has 0 N–H and O–H groups in total. The minimum atomic E-state index is -0.0272. The van der Waals surface area contributed by atoms with E-state index in [1.54, 1.807) is 6.20 Å². The van der Waals surface area contributed by atoms with Gasteiger partial charge in [0.25, 0.3) is 5.91 Å². The molecule has 1 unspecified atom stereocenters. The van der Waals surface area contributed by atoms with Gasteiger partial charge >= 0.3 is 0 Å². The molecular weight excluding hydrogens is 350 g/mol. The molecule has 0 aliphatic carbocycles. The van der Waals surface area contributed by atoms with Crippen molar-refractivity contribution < 1.29 is 4.79 Å². The predicted octanol–water partition coefficient (Wildman–Crippen LogP) is 3.37. The molecular formula is C22H27N5O. The van der Waals surface area contributed by atoms with E-state index in [0.29, 0.717) is 18.3 Å². The molecule has 1 amide bonds. The van der Waals surface area contributed by atoms with E-state index in [9.17, 15) is 4.79 Å². The Morgan fingerprint density at radius 2 is 2.07 bits per heavy atom. The van der Waals surface area contributed by atoms with Gasteiger partial charge in [0.05, 0.1) is 17.4 Å². The highest BCUT2D eigenvalue weighted by molar-refractivity contribution is 5.96. The van der Waals surface area contributed by atoms with Crippen LogP contribution in [-0.2, 0) is 0 Å². The van der Waals surface area contributed by atoms with E-state index in [1.807, 2.05) is 59.1 Å². The molecule has 1 fully saturated rings. The number of hydrogen-bond acceptors (Lipinski definition) is 4. The standard InChI is InChI=1S/C22H27N5O/c1-3-25-14-8-10-18(25)16-26(4-2)22(28)21-20(12-7-13-23-21)27-19-11-6-5-9-17(19)15-24-27/h5-7,9,11-13,15,18H,3-4,8,10,14,16H2,1-2H3. The highest BCUT2D eigenvalue weighted by atomic mass is 16.2. The van der Waals surface area contributed by atoms with E-state index in [-0.39, 0.29) is 5.91 Å². The molecule has 0 radical (unpaired) electrons. The van der Waals surface area contributed by atoms with E-state index in [2.05, 4.69) is 21.9 Å². The lowest BCUT2D eigenvalue weighted by atomic mass is 10.2. The van der Waals surface area contributed by atoms with Crippen LogP contribution in [0.4, 0.5) is 0 Å². The average Bonchev–Trinajstić information content (AvgIpc) is 3.38. The van der Waals surface area contributed by atoms with Gasteiger partial charge in [-0.2, -0.15) is 5.10 Å². The molecule has 2 aromatic heterocycles. The van der Waals surface area contributed by atoms with Gasteiger partial charge in [-0.1, -0.05) is 25.1 Å². The van der Waals surface area contributed by atoms with Crippen molar-refractivity contribution in [2.45, 2.75) is 32.7 Å². The maximum absolute atomic E-state index is 13.4. The summed E-state index contributed by atoms with van der Waals surface area (Å²) in [6, 6.07) is 12.2. The highest BCUT2D eigenvalue weighted by Crippen LogP contribution is 2.22. The van der Waals surface area contributed by atoms with Crippen LogP contribution in [0, 0.1) is 0 Å². The summed E-state index contributed by atoms with van der Waals surface area (Å²) in [7, 11) is 0. The largest absolute Gasteiger partial charge is 0.336 e.